The highest BCUT2D eigenvalue weighted by Gasteiger charge is 2.05. The van der Waals surface area contributed by atoms with Gasteiger partial charge in [0.05, 0.1) is 5.69 Å². The second-order valence-electron chi connectivity index (χ2n) is 2.61. The summed E-state index contributed by atoms with van der Waals surface area (Å²) >= 11 is 0. The van der Waals surface area contributed by atoms with Gasteiger partial charge in [0.25, 0.3) is 0 Å². The summed E-state index contributed by atoms with van der Waals surface area (Å²) in [6.45, 7) is 3.95. The monoisotopic (exact) mass is 171 g/mol. The van der Waals surface area contributed by atoms with E-state index >= 15 is 0 Å². The largest absolute Gasteiger partial charge is 0.383 e. The average Bonchev–Trinajstić information content (AvgIpc) is 2.01. The molecule has 0 unspecified atom stereocenters. The third kappa shape index (κ3) is 1.72. The number of nitrogens with one attached hydrogen (secondary N) is 1. The molecule has 1 N–H and O–H groups in total. The van der Waals surface area contributed by atoms with Crippen LogP contribution in [-0.4, -0.2) is 6.54 Å². The van der Waals surface area contributed by atoms with Gasteiger partial charge >= 0.3 is 0 Å². The molecule has 3 heteroatoms. The Bertz CT molecular complexity index is 284. The molecule has 0 atom stereocenters. The lowest BCUT2D eigenvalue weighted by atomic mass is 10.2. The summed E-state index contributed by atoms with van der Waals surface area (Å²) < 4.78 is 25.9. The molecule has 1 aromatic rings. The molecule has 0 spiro atoms. The van der Waals surface area contributed by atoms with Gasteiger partial charge in [0.1, 0.15) is 11.6 Å². The molecule has 0 aliphatic rings. The number of anilines is 1. The van der Waals surface area contributed by atoms with E-state index in [0.29, 0.717) is 12.1 Å². The van der Waals surface area contributed by atoms with E-state index in [1.807, 2.05) is 6.92 Å². The zero-order valence-electron chi connectivity index (χ0n) is 7.12. The molecule has 0 aliphatic heterocycles. The zero-order valence-corrected chi connectivity index (χ0v) is 7.12. The lowest BCUT2D eigenvalue weighted by Gasteiger charge is -2.05. The molecule has 1 nitrogen and oxygen atoms in total. The molecular formula is C9H11F2N. The van der Waals surface area contributed by atoms with Gasteiger partial charge < -0.3 is 5.32 Å². The third-order valence-electron chi connectivity index (χ3n) is 1.62. The van der Waals surface area contributed by atoms with Crippen molar-refractivity contribution >= 4 is 5.69 Å². The highest BCUT2D eigenvalue weighted by molar-refractivity contribution is 5.46. The molecule has 0 saturated carbocycles. The van der Waals surface area contributed by atoms with Crippen molar-refractivity contribution in [3.8, 4) is 0 Å². The Labute approximate surface area is 70.4 Å². The molecule has 0 fully saturated rings. The number of benzene rings is 1. The topological polar surface area (TPSA) is 12.0 Å². The van der Waals surface area contributed by atoms with Gasteiger partial charge in [-0.05, 0) is 25.5 Å². The van der Waals surface area contributed by atoms with Crippen LogP contribution in [0.4, 0.5) is 14.5 Å². The van der Waals surface area contributed by atoms with E-state index in [2.05, 4.69) is 5.32 Å². The zero-order chi connectivity index (χ0) is 9.14. The number of rotatable bonds is 2. The van der Waals surface area contributed by atoms with Gasteiger partial charge in [0.15, 0.2) is 0 Å². The standard InChI is InChI=1S/C9H11F2N/c1-3-12-9-5-7(10)6(2)4-8(9)11/h4-5,12H,3H2,1-2H3. The van der Waals surface area contributed by atoms with Crippen LogP contribution < -0.4 is 5.32 Å². The molecule has 0 radical (unpaired) electrons. The fourth-order valence-electron chi connectivity index (χ4n) is 0.972. The first-order valence-electron chi connectivity index (χ1n) is 3.84. The van der Waals surface area contributed by atoms with Gasteiger partial charge in [-0.15, -0.1) is 0 Å². The van der Waals surface area contributed by atoms with Crippen molar-refractivity contribution in [2.45, 2.75) is 13.8 Å². The smallest absolute Gasteiger partial charge is 0.146 e. The second-order valence-corrected chi connectivity index (χ2v) is 2.61. The van der Waals surface area contributed by atoms with Crippen LogP contribution in [0.2, 0.25) is 0 Å². The first-order chi connectivity index (χ1) is 5.65. The van der Waals surface area contributed by atoms with Crippen LogP contribution >= 0.6 is 0 Å². The van der Waals surface area contributed by atoms with E-state index in [1.165, 1.54) is 19.1 Å². The first kappa shape index (κ1) is 8.97. The molecule has 0 amide bonds. The highest BCUT2D eigenvalue weighted by atomic mass is 19.1. The molecule has 1 aromatic carbocycles. The van der Waals surface area contributed by atoms with Crippen molar-refractivity contribution in [3.05, 3.63) is 29.3 Å². The van der Waals surface area contributed by atoms with E-state index in [0.717, 1.165) is 0 Å². The summed E-state index contributed by atoms with van der Waals surface area (Å²) in [4.78, 5) is 0. The summed E-state index contributed by atoms with van der Waals surface area (Å²) in [6.07, 6.45) is 0. The molecule has 66 valence electrons. The normalized spacial score (nSPS) is 10.0. The van der Waals surface area contributed by atoms with Crippen molar-refractivity contribution < 1.29 is 8.78 Å². The van der Waals surface area contributed by atoms with Gasteiger partial charge in [-0.25, -0.2) is 8.78 Å². The summed E-state index contributed by atoms with van der Waals surface area (Å²) in [5.74, 6) is -0.789. The van der Waals surface area contributed by atoms with Gasteiger partial charge in [-0.2, -0.15) is 0 Å². The molecular weight excluding hydrogens is 160 g/mol. The van der Waals surface area contributed by atoms with Crippen molar-refractivity contribution in [2.24, 2.45) is 0 Å². The number of halogens is 2. The first-order valence-corrected chi connectivity index (χ1v) is 3.84. The van der Waals surface area contributed by atoms with Crippen LogP contribution in [0, 0.1) is 18.6 Å². The van der Waals surface area contributed by atoms with Gasteiger partial charge in [0, 0.05) is 12.6 Å². The van der Waals surface area contributed by atoms with Crippen LogP contribution in [0.1, 0.15) is 12.5 Å². The van der Waals surface area contributed by atoms with Crippen LogP contribution in [0.3, 0.4) is 0 Å². The molecule has 0 bridgehead atoms. The van der Waals surface area contributed by atoms with E-state index < -0.39 is 5.82 Å². The highest BCUT2D eigenvalue weighted by Crippen LogP contribution is 2.18. The second kappa shape index (κ2) is 3.52. The molecule has 0 aliphatic carbocycles. The van der Waals surface area contributed by atoms with Crippen LogP contribution in [-0.2, 0) is 0 Å². The lowest BCUT2D eigenvalue weighted by molar-refractivity contribution is 0.595. The van der Waals surface area contributed by atoms with Crippen LogP contribution in [0.5, 0.6) is 0 Å². The Balaban J connectivity index is 3.05. The SMILES string of the molecule is CCNc1cc(F)c(C)cc1F. The average molecular weight is 171 g/mol. The van der Waals surface area contributed by atoms with E-state index in [9.17, 15) is 8.78 Å². The maximum Gasteiger partial charge on any atom is 0.146 e. The molecule has 0 saturated heterocycles. The fraction of sp³-hybridized carbons (Fsp3) is 0.333. The maximum atomic E-state index is 13.0. The Kier molecular flexibility index (Phi) is 2.63. The maximum absolute atomic E-state index is 13.0. The van der Waals surface area contributed by atoms with Gasteiger partial charge in [0.2, 0.25) is 0 Å². The quantitative estimate of drug-likeness (QED) is 0.721. The fourth-order valence-corrected chi connectivity index (χ4v) is 0.972. The predicted molar refractivity (Wildman–Crippen MR) is 45.3 cm³/mol. The van der Waals surface area contributed by atoms with Crippen molar-refractivity contribution in [2.75, 3.05) is 11.9 Å². The lowest BCUT2D eigenvalue weighted by Crippen LogP contribution is -2.00. The summed E-state index contributed by atoms with van der Waals surface area (Å²) in [7, 11) is 0. The van der Waals surface area contributed by atoms with E-state index in [-0.39, 0.29) is 11.5 Å². The van der Waals surface area contributed by atoms with Gasteiger partial charge in [-0.1, -0.05) is 0 Å². The summed E-state index contributed by atoms with van der Waals surface area (Å²) in [5, 5.41) is 2.73. The molecule has 0 heterocycles. The molecule has 0 aromatic heterocycles. The number of hydrogen-bond acceptors (Lipinski definition) is 1. The Morgan fingerprint density at radius 1 is 1.25 bits per heavy atom. The Morgan fingerprint density at radius 2 is 1.92 bits per heavy atom. The van der Waals surface area contributed by atoms with E-state index in [4.69, 9.17) is 0 Å². The van der Waals surface area contributed by atoms with Gasteiger partial charge in [-0.3, -0.25) is 0 Å². The van der Waals surface area contributed by atoms with Crippen molar-refractivity contribution in [3.63, 3.8) is 0 Å². The minimum Gasteiger partial charge on any atom is -0.383 e. The minimum absolute atomic E-state index is 0.223. The number of hydrogen-bond donors (Lipinski definition) is 1. The minimum atomic E-state index is -0.407. The number of aryl methyl sites for hydroxylation is 1. The summed E-state index contributed by atoms with van der Waals surface area (Å²) in [5.41, 5.74) is 0.551. The predicted octanol–water partition coefficient (Wildman–Crippen LogP) is 2.71. The Morgan fingerprint density at radius 3 is 2.50 bits per heavy atom. The molecule has 12 heavy (non-hydrogen) atoms. The molecule has 1 rings (SSSR count). The van der Waals surface area contributed by atoms with E-state index in [1.54, 1.807) is 0 Å². The van der Waals surface area contributed by atoms with Crippen LogP contribution in [0.15, 0.2) is 12.1 Å². The van der Waals surface area contributed by atoms with Crippen molar-refractivity contribution in [1.82, 2.24) is 0 Å². The third-order valence-corrected chi connectivity index (χ3v) is 1.62. The Hall–Kier alpha value is -1.12. The van der Waals surface area contributed by atoms with Crippen molar-refractivity contribution in [1.29, 1.82) is 0 Å². The van der Waals surface area contributed by atoms with Crippen LogP contribution in [0.25, 0.3) is 0 Å². The summed E-state index contributed by atoms with van der Waals surface area (Å²) in [6, 6.07) is 2.36.